The lowest BCUT2D eigenvalue weighted by Crippen LogP contribution is -2.34. The number of halogens is 1. The third kappa shape index (κ3) is 5.04. The number of hydrogen-bond donors (Lipinski definition) is 3. The van der Waals surface area contributed by atoms with E-state index in [0.717, 1.165) is 17.2 Å². The summed E-state index contributed by atoms with van der Waals surface area (Å²) < 4.78 is 14.6. The molecule has 2 aromatic carbocycles. The lowest BCUT2D eigenvalue weighted by atomic mass is 10.1. The number of rotatable bonds is 7. The molecule has 1 aliphatic rings. The van der Waals surface area contributed by atoms with Crippen molar-refractivity contribution in [2.75, 3.05) is 17.7 Å². The summed E-state index contributed by atoms with van der Waals surface area (Å²) >= 11 is 0. The summed E-state index contributed by atoms with van der Waals surface area (Å²) in [6.45, 7) is 4.47. The average molecular weight is 540 g/mol. The van der Waals surface area contributed by atoms with E-state index < -0.39 is 23.7 Å². The van der Waals surface area contributed by atoms with Gasteiger partial charge in [0.15, 0.2) is 11.5 Å². The normalized spacial score (nSPS) is 14.6. The smallest absolute Gasteiger partial charge is 0.269 e. The summed E-state index contributed by atoms with van der Waals surface area (Å²) in [6.07, 6.45) is 2.56. The van der Waals surface area contributed by atoms with Crippen LogP contribution in [0.1, 0.15) is 51.1 Å². The molecule has 10 nitrogen and oxygen atoms in total. The third-order valence-electron chi connectivity index (χ3n) is 6.75. The highest BCUT2D eigenvalue weighted by molar-refractivity contribution is 6.18. The molecule has 3 heterocycles. The van der Waals surface area contributed by atoms with Gasteiger partial charge in [0.05, 0.1) is 6.04 Å². The number of aromatic nitrogens is 3. The Bertz CT molecular complexity index is 1620. The number of pyridine rings is 1. The Balaban J connectivity index is 1.42. The quantitative estimate of drug-likeness (QED) is 0.242. The molecule has 1 atom stereocenters. The SMILES string of the molecule is C=C(C(=O)N1CCCC1c1nc(-c2ccc(C(=O)Nc3cc(F)ccn3)cc2)c(C(N)=O)n1N)c1ccccc1. The zero-order valence-electron chi connectivity index (χ0n) is 21.4. The van der Waals surface area contributed by atoms with Crippen LogP contribution in [-0.4, -0.2) is 43.8 Å². The number of carbonyl (C=O) groups is 3. The number of nitrogen functional groups attached to an aromatic ring is 1. The number of hydrogen-bond acceptors (Lipinski definition) is 6. The monoisotopic (exact) mass is 539 g/mol. The molecule has 0 spiro atoms. The minimum Gasteiger partial charge on any atom is -0.364 e. The summed E-state index contributed by atoms with van der Waals surface area (Å²) in [7, 11) is 0. The van der Waals surface area contributed by atoms with Crippen LogP contribution in [-0.2, 0) is 4.79 Å². The fourth-order valence-electron chi connectivity index (χ4n) is 4.78. The van der Waals surface area contributed by atoms with E-state index >= 15 is 0 Å². The largest absolute Gasteiger partial charge is 0.364 e. The van der Waals surface area contributed by atoms with Crippen molar-refractivity contribution in [3.63, 3.8) is 0 Å². The Morgan fingerprint density at radius 3 is 2.42 bits per heavy atom. The fourth-order valence-corrected chi connectivity index (χ4v) is 4.78. The third-order valence-corrected chi connectivity index (χ3v) is 6.75. The van der Waals surface area contributed by atoms with Crippen molar-refractivity contribution in [1.29, 1.82) is 0 Å². The molecule has 40 heavy (non-hydrogen) atoms. The van der Waals surface area contributed by atoms with E-state index in [4.69, 9.17) is 11.6 Å². The van der Waals surface area contributed by atoms with Gasteiger partial charge in [0.25, 0.3) is 17.7 Å². The standard InChI is InChI=1S/C29H26FN7O3/c1-17(18-6-3-2-4-7-18)29(40)36-15-5-8-22(36)27-35-24(25(26(31)38)37(27)32)19-9-11-20(12-10-19)28(39)34-23-16-21(30)13-14-33-23/h2-4,6-7,9-14,16,22H,1,5,8,15,32H2,(H2,31,38)(H,33,34,39). The Morgan fingerprint density at radius 2 is 1.75 bits per heavy atom. The van der Waals surface area contributed by atoms with E-state index in [2.05, 4.69) is 21.9 Å². The molecule has 2 aromatic heterocycles. The van der Waals surface area contributed by atoms with E-state index in [1.807, 2.05) is 30.3 Å². The molecule has 1 saturated heterocycles. The number of likely N-dealkylation sites (tertiary alicyclic amines) is 1. The lowest BCUT2D eigenvalue weighted by Gasteiger charge is -2.25. The first kappa shape index (κ1) is 26.3. The number of anilines is 1. The van der Waals surface area contributed by atoms with Gasteiger partial charge < -0.3 is 21.8 Å². The maximum Gasteiger partial charge on any atom is 0.269 e. The highest BCUT2D eigenvalue weighted by Crippen LogP contribution is 2.36. The second-order valence-corrected chi connectivity index (χ2v) is 9.29. The molecular formula is C29H26FN7O3. The molecule has 5 N–H and O–H groups in total. The predicted molar refractivity (Wildman–Crippen MR) is 148 cm³/mol. The zero-order valence-corrected chi connectivity index (χ0v) is 21.4. The van der Waals surface area contributed by atoms with Gasteiger partial charge in [-0.2, -0.15) is 0 Å². The van der Waals surface area contributed by atoms with Crippen molar-refractivity contribution in [3.8, 4) is 11.3 Å². The summed E-state index contributed by atoms with van der Waals surface area (Å²) in [6, 6.07) is 17.2. The van der Waals surface area contributed by atoms with Crippen molar-refractivity contribution in [3.05, 3.63) is 108 Å². The number of amides is 3. The predicted octanol–water partition coefficient (Wildman–Crippen LogP) is 3.53. The van der Waals surface area contributed by atoms with Crippen LogP contribution in [0.4, 0.5) is 10.2 Å². The van der Waals surface area contributed by atoms with Gasteiger partial charge in [-0.15, -0.1) is 0 Å². The maximum absolute atomic E-state index is 13.4. The highest BCUT2D eigenvalue weighted by Gasteiger charge is 2.36. The molecule has 4 aromatic rings. The number of nitrogens with zero attached hydrogens (tertiary/aromatic N) is 4. The molecule has 0 bridgehead atoms. The van der Waals surface area contributed by atoms with Crippen LogP contribution in [0.25, 0.3) is 16.8 Å². The minimum absolute atomic E-state index is 0.0302. The number of nitrogens with one attached hydrogen (secondary N) is 1. The second kappa shape index (κ2) is 10.8. The second-order valence-electron chi connectivity index (χ2n) is 9.29. The Kier molecular flexibility index (Phi) is 7.11. The summed E-state index contributed by atoms with van der Waals surface area (Å²) in [4.78, 5) is 48.7. The van der Waals surface area contributed by atoms with E-state index in [1.165, 1.54) is 24.4 Å². The van der Waals surface area contributed by atoms with Crippen LogP contribution in [0, 0.1) is 5.82 Å². The fraction of sp³-hybridized carbons (Fsp3) is 0.138. The molecule has 1 fully saturated rings. The topological polar surface area (TPSA) is 149 Å². The van der Waals surface area contributed by atoms with E-state index in [0.29, 0.717) is 35.5 Å². The van der Waals surface area contributed by atoms with Gasteiger partial charge in [0, 0.05) is 35.5 Å². The van der Waals surface area contributed by atoms with Crippen LogP contribution in [0.3, 0.4) is 0 Å². The van der Waals surface area contributed by atoms with E-state index in [1.54, 1.807) is 17.0 Å². The summed E-state index contributed by atoms with van der Waals surface area (Å²) in [5.74, 6) is 4.66. The van der Waals surface area contributed by atoms with E-state index in [9.17, 15) is 18.8 Å². The number of carbonyl (C=O) groups excluding carboxylic acids is 3. The Morgan fingerprint density at radius 1 is 1.02 bits per heavy atom. The number of primary amides is 1. The molecule has 202 valence electrons. The van der Waals surface area contributed by atoms with Crippen LogP contribution in [0.5, 0.6) is 0 Å². The molecule has 5 rings (SSSR count). The van der Waals surface area contributed by atoms with Crippen molar-refractivity contribution in [1.82, 2.24) is 19.5 Å². The van der Waals surface area contributed by atoms with E-state index in [-0.39, 0.29) is 28.7 Å². The first-order valence-electron chi connectivity index (χ1n) is 12.5. The van der Waals surface area contributed by atoms with Crippen LogP contribution >= 0.6 is 0 Å². The Hall–Kier alpha value is -5.32. The lowest BCUT2D eigenvalue weighted by molar-refractivity contribution is -0.126. The molecular weight excluding hydrogens is 513 g/mol. The van der Waals surface area contributed by atoms with Crippen LogP contribution in [0.15, 0.2) is 79.5 Å². The van der Waals surface area contributed by atoms with Crippen molar-refractivity contribution >= 4 is 29.1 Å². The molecule has 11 heteroatoms. The average Bonchev–Trinajstić information content (AvgIpc) is 3.57. The van der Waals surface area contributed by atoms with Gasteiger partial charge in [-0.05, 0) is 36.6 Å². The summed E-state index contributed by atoms with van der Waals surface area (Å²) in [5, 5.41) is 2.53. The van der Waals surface area contributed by atoms with Crippen LogP contribution in [0.2, 0.25) is 0 Å². The summed E-state index contributed by atoms with van der Waals surface area (Å²) in [5.41, 5.74) is 7.70. The van der Waals surface area contributed by atoms with Gasteiger partial charge in [-0.25, -0.2) is 19.0 Å². The van der Waals surface area contributed by atoms with Gasteiger partial charge in [-0.3, -0.25) is 14.4 Å². The zero-order chi connectivity index (χ0) is 28.4. The first-order valence-corrected chi connectivity index (χ1v) is 12.5. The molecule has 0 radical (unpaired) electrons. The molecule has 1 unspecified atom stereocenters. The van der Waals surface area contributed by atoms with Crippen LogP contribution < -0.4 is 16.9 Å². The van der Waals surface area contributed by atoms with Gasteiger partial charge in [0.2, 0.25) is 0 Å². The van der Waals surface area contributed by atoms with Gasteiger partial charge >= 0.3 is 0 Å². The molecule has 3 amide bonds. The maximum atomic E-state index is 13.4. The Labute approximate surface area is 229 Å². The number of imidazole rings is 1. The highest BCUT2D eigenvalue weighted by atomic mass is 19.1. The molecule has 0 saturated carbocycles. The molecule has 1 aliphatic heterocycles. The van der Waals surface area contributed by atoms with Crippen molar-refractivity contribution in [2.24, 2.45) is 5.73 Å². The molecule has 0 aliphatic carbocycles. The minimum atomic E-state index is -0.792. The van der Waals surface area contributed by atoms with Gasteiger partial charge in [0.1, 0.15) is 17.3 Å². The van der Waals surface area contributed by atoms with Gasteiger partial charge in [-0.1, -0.05) is 49.0 Å². The van der Waals surface area contributed by atoms with Crippen molar-refractivity contribution in [2.45, 2.75) is 18.9 Å². The first-order chi connectivity index (χ1) is 19.2. The van der Waals surface area contributed by atoms with Crippen molar-refractivity contribution < 1.29 is 18.8 Å². The number of benzene rings is 2. The number of nitrogens with two attached hydrogens (primary N) is 2.